The number of nitrogens with one attached hydrogen (secondary N) is 2. The van der Waals surface area contributed by atoms with Crippen LogP contribution in [0.2, 0.25) is 0 Å². The predicted octanol–water partition coefficient (Wildman–Crippen LogP) is 2.63. The molecule has 0 fully saturated rings. The fourth-order valence-corrected chi connectivity index (χ4v) is 4.24. The molecular formula is C14H14F6N4O3S2. The van der Waals surface area contributed by atoms with Gasteiger partial charge >= 0.3 is 12.4 Å². The summed E-state index contributed by atoms with van der Waals surface area (Å²) in [5.74, 6) is -0.358. The number of thiophene rings is 1. The monoisotopic (exact) mass is 464 g/mol. The Balaban J connectivity index is 2.08. The van der Waals surface area contributed by atoms with E-state index >= 15 is 0 Å². The number of rotatable bonds is 7. The number of hydrogen-bond acceptors (Lipinski definition) is 7. The molecule has 2 aromatic heterocycles. The average molecular weight is 464 g/mol. The normalized spacial score (nSPS) is 14.6. The lowest BCUT2D eigenvalue weighted by atomic mass is 9.95. The Morgan fingerprint density at radius 1 is 1.14 bits per heavy atom. The minimum Gasteiger partial charge on any atom is -0.369 e. The molecule has 0 saturated heterocycles. The van der Waals surface area contributed by atoms with Gasteiger partial charge in [0, 0.05) is 30.5 Å². The third-order valence-electron chi connectivity index (χ3n) is 3.61. The largest absolute Gasteiger partial charge is 0.430 e. The summed E-state index contributed by atoms with van der Waals surface area (Å²) in [5, 5.41) is 13.4. The van der Waals surface area contributed by atoms with Crippen molar-refractivity contribution in [2.45, 2.75) is 35.1 Å². The summed E-state index contributed by atoms with van der Waals surface area (Å²) >= 11 is 0.990. The zero-order valence-electron chi connectivity index (χ0n) is 14.4. The Labute approximate surface area is 164 Å². The van der Waals surface area contributed by atoms with E-state index in [2.05, 4.69) is 20.0 Å². The van der Waals surface area contributed by atoms with E-state index in [0.29, 0.717) is 0 Å². The third kappa shape index (κ3) is 4.96. The molecule has 15 heteroatoms. The smallest absolute Gasteiger partial charge is 0.369 e. The number of nitrogens with zero attached hydrogens (tertiary/aromatic N) is 2. The van der Waals surface area contributed by atoms with Crippen LogP contribution in [0.1, 0.15) is 12.5 Å². The molecule has 0 radical (unpaired) electrons. The van der Waals surface area contributed by atoms with Crippen molar-refractivity contribution >= 4 is 27.3 Å². The van der Waals surface area contributed by atoms with Crippen LogP contribution in [0.4, 0.5) is 32.3 Å². The fourth-order valence-electron chi connectivity index (χ4n) is 2.07. The Morgan fingerprint density at radius 3 is 2.14 bits per heavy atom. The first-order valence-corrected chi connectivity index (χ1v) is 10.0. The van der Waals surface area contributed by atoms with E-state index < -0.39 is 39.6 Å². The molecule has 1 atom stereocenters. The van der Waals surface area contributed by atoms with Gasteiger partial charge in [-0.15, -0.1) is 11.3 Å². The summed E-state index contributed by atoms with van der Waals surface area (Å²) in [4.78, 5) is 6.70. The van der Waals surface area contributed by atoms with Crippen LogP contribution in [0, 0.1) is 0 Å². The van der Waals surface area contributed by atoms with Gasteiger partial charge in [0.2, 0.25) is 16.0 Å². The van der Waals surface area contributed by atoms with Crippen molar-refractivity contribution in [1.29, 1.82) is 0 Å². The lowest BCUT2D eigenvalue weighted by Gasteiger charge is -2.32. The number of alkyl halides is 6. The second-order valence-electron chi connectivity index (χ2n) is 5.83. The highest BCUT2D eigenvalue weighted by atomic mass is 32.2. The number of hydrogen-bond donors (Lipinski definition) is 3. The van der Waals surface area contributed by atoms with Crippen LogP contribution in [0.15, 0.2) is 34.1 Å². The van der Waals surface area contributed by atoms with Gasteiger partial charge < -0.3 is 10.4 Å². The zero-order valence-corrected chi connectivity index (χ0v) is 16.0. The highest BCUT2D eigenvalue weighted by molar-refractivity contribution is 7.91. The first-order chi connectivity index (χ1) is 13.2. The standard InChI is InChI=1S/C14H14F6N4O3S2/c1-8(5-23-29(26,27)10-3-2-4-28-10)24-11-21-6-9(7-22-11)12(25,13(15,16)17)14(18,19)20/h2-4,6-8,23,25H,5H2,1H3,(H,21,22,24). The van der Waals surface area contributed by atoms with Crippen LogP contribution in [0.3, 0.4) is 0 Å². The molecule has 0 aromatic carbocycles. The quantitative estimate of drug-likeness (QED) is 0.545. The van der Waals surface area contributed by atoms with Crippen molar-refractivity contribution < 1.29 is 39.9 Å². The molecule has 3 N–H and O–H groups in total. The van der Waals surface area contributed by atoms with E-state index in [1.54, 1.807) is 11.4 Å². The van der Waals surface area contributed by atoms with Gasteiger partial charge in [-0.3, -0.25) is 0 Å². The maximum atomic E-state index is 12.8. The fraction of sp³-hybridized carbons (Fsp3) is 0.429. The molecule has 29 heavy (non-hydrogen) atoms. The first kappa shape index (κ1) is 23.3. The van der Waals surface area contributed by atoms with Crippen LogP contribution < -0.4 is 10.0 Å². The van der Waals surface area contributed by atoms with E-state index in [1.807, 2.05) is 0 Å². The number of aliphatic hydroxyl groups is 1. The molecule has 2 heterocycles. The van der Waals surface area contributed by atoms with E-state index in [0.717, 1.165) is 11.3 Å². The van der Waals surface area contributed by atoms with Crippen LogP contribution in [0.5, 0.6) is 0 Å². The van der Waals surface area contributed by atoms with E-state index in [1.165, 1.54) is 13.0 Å². The Morgan fingerprint density at radius 2 is 1.69 bits per heavy atom. The van der Waals surface area contributed by atoms with E-state index in [-0.39, 0.29) is 29.1 Å². The van der Waals surface area contributed by atoms with Crippen LogP contribution in [-0.2, 0) is 15.6 Å². The maximum Gasteiger partial charge on any atom is 0.430 e. The van der Waals surface area contributed by atoms with E-state index in [4.69, 9.17) is 0 Å². The summed E-state index contributed by atoms with van der Waals surface area (Å²) < 4.78 is 103. The van der Waals surface area contributed by atoms with Gasteiger partial charge in [-0.1, -0.05) is 6.07 Å². The summed E-state index contributed by atoms with van der Waals surface area (Å²) in [5.41, 5.74) is -6.73. The van der Waals surface area contributed by atoms with Gasteiger partial charge in [0.05, 0.1) is 0 Å². The molecule has 162 valence electrons. The summed E-state index contributed by atoms with van der Waals surface area (Å²) in [6.07, 6.45) is -11.7. The van der Waals surface area contributed by atoms with Gasteiger partial charge in [-0.25, -0.2) is 23.1 Å². The van der Waals surface area contributed by atoms with Crippen LogP contribution >= 0.6 is 11.3 Å². The van der Waals surface area contributed by atoms with Crippen molar-refractivity contribution in [2.75, 3.05) is 11.9 Å². The second kappa shape index (κ2) is 8.04. The summed E-state index contributed by atoms with van der Waals surface area (Å²) in [6, 6.07) is 2.26. The molecule has 0 saturated carbocycles. The van der Waals surface area contributed by atoms with Crippen molar-refractivity contribution in [3.63, 3.8) is 0 Å². The number of anilines is 1. The molecule has 0 aliphatic carbocycles. The van der Waals surface area contributed by atoms with Crippen molar-refractivity contribution in [3.8, 4) is 0 Å². The molecule has 0 amide bonds. The van der Waals surface area contributed by atoms with Crippen LogP contribution in [0.25, 0.3) is 0 Å². The second-order valence-corrected chi connectivity index (χ2v) is 8.77. The van der Waals surface area contributed by atoms with Gasteiger partial charge in [0.15, 0.2) is 0 Å². The molecular weight excluding hydrogens is 450 g/mol. The Kier molecular flexibility index (Phi) is 6.46. The summed E-state index contributed by atoms with van der Waals surface area (Å²) in [7, 11) is -3.76. The number of aromatic nitrogens is 2. The van der Waals surface area contributed by atoms with Gasteiger partial charge in [0.25, 0.3) is 5.60 Å². The molecule has 2 aromatic rings. The Bertz CT molecular complexity index is 900. The molecule has 1 unspecified atom stereocenters. The minimum absolute atomic E-state index is 0.0730. The van der Waals surface area contributed by atoms with Gasteiger partial charge in [-0.05, 0) is 18.4 Å². The SMILES string of the molecule is CC(CNS(=O)(=O)c1cccs1)Nc1ncc(C(O)(C(F)(F)F)C(F)(F)F)cn1. The van der Waals surface area contributed by atoms with Crippen molar-refractivity contribution in [2.24, 2.45) is 0 Å². The highest BCUT2D eigenvalue weighted by Crippen LogP contribution is 2.49. The molecule has 0 spiro atoms. The minimum atomic E-state index is -6.04. The maximum absolute atomic E-state index is 12.8. The molecule has 0 bridgehead atoms. The lowest BCUT2D eigenvalue weighted by Crippen LogP contribution is -2.54. The number of halogens is 6. The molecule has 0 aliphatic heterocycles. The van der Waals surface area contributed by atoms with Gasteiger partial charge in [-0.2, -0.15) is 26.3 Å². The van der Waals surface area contributed by atoms with Crippen LogP contribution in [-0.4, -0.2) is 48.4 Å². The third-order valence-corrected chi connectivity index (χ3v) is 6.43. The predicted molar refractivity (Wildman–Crippen MR) is 90.6 cm³/mol. The highest BCUT2D eigenvalue weighted by Gasteiger charge is 2.71. The Hall–Kier alpha value is -1.97. The molecule has 0 aliphatic rings. The molecule has 7 nitrogen and oxygen atoms in total. The van der Waals surface area contributed by atoms with Gasteiger partial charge in [0.1, 0.15) is 4.21 Å². The average Bonchev–Trinajstić information content (AvgIpc) is 3.14. The number of sulfonamides is 1. The van der Waals surface area contributed by atoms with Crippen molar-refractivity contribution in [1.82, 2.24) is 14.7 Å². The topological polar surface area (TPSA) is 104 Å². The first-order valence-electron chi connectivity index (χ1n) is 7.66. The summed E-state index contributed by atoms with van der Waals surface area (Å²) in [6.45, 7) is 1.32. The van der Waals surface area contributed by atoms with Crippen molar-refractivity contribution in [3.05, 3.63) is 35.5 Å². The lowest BCUT2D eigenvalue weighted by molar-refractivity contribution is -0.376. The zero-order chi connectivity index (χ0) is 22.1. The van der Waals surface area contributed by atoms with E-state index in [9.17, 15) is 39.9 Å². The molecule has 2 rings (SSSR count).